The predicted octanol–water partition coefficient (Wildman–Crippen LogP) is 3.49. The summed E-state index contributed by atoms with van der Waals surface area (Å²) < 4.78 is 13.4. The fourth-order valence-electron chi connectivity index (χ4n) is 3.03. The van der Waals surface area contributed by atoms with E-state index in [2.05, 4.69) is 0 Å². The van der Waals surface area contributed by atoms with E-state index < -0.39 is 0 Å². The van der Waals surface area contributed by atoms with Crippen LogP contribution < -0.4 is 10.6 Å². The summed E-state index contributed by atoms with van der Waals surface area (Å²) in [4.78, 5) is 14.6. The number of rotatable bonds is 2. The quantitative estimate of drug-likeness (QED) is 0.863. The molecule has 4 heteroatoms. The second kappa shape index (κ2) is 5.79. The fraction of sp³-hybridized carbons (Fsp3) is 0.278. The molecule has 0 bridgehead atoms. The second-order valence-electron chi connectivity index (χ2n) is 5.72. The summed E-state index contributed by atoms with van der Waals surface area (Å²) in [5, 5.41) is 0. The first-order valence-corrected chi connectivity index (χ1v) is 7.52. The molecule has 0 radical (unpaired) electrons. The van der Waals surface area contributed by atoms with E-state index in [9.17, 15) is 9.18 Å². The van der Waals surface area contributed by atoms with Gasteiger partial charge in [-0.3, -0.25) is 4.79 Å². The van der Waals surface area contributed by atoms with Crippen LogP contribution >= 0.6 is 0 Å². The molecule has 1 heterocycles. The molecule has 0 aromatic heterocycles. The van der Waals surface area contributed by atoms with Gasteiger partial charge in [0.25, 0.3) is 0 Å². The van der Waals surface area contributed by atoms with Crippen LogP contribution in [0, 0.1) is 5.82 Å². The van der Waals surface area contributed by atoms with Crippen molar-refractivity contribution in [3.63, 3.8) is 0 Å². The summed E-state index contributed by atoms with van der Waals surface area (Å²) >= 11 is 0. The van der Waals surface area contributed by atoms with Crippen LogP contribution in [0.25, 0.3) is 0 Å². The van der Waals surface area contributed by atoms with E-state index in [1.54, 1.807) is 17.0 Å². The SMILES string of the molecule is CC(C(=O)N1CCCc2c(N)cccc21)c1cccc(F)c1. The molecule has 1 amide bonds. The van der Waals surface area contributed by atoms with Gasteiger partial charge in [-0.1, -0.05) is 18.2 Å². The number of nitrogens with two attached hydrogens (primary N) is 1. The second-order valence-corrected chi connectivity index (χ2v) is 5.72. The number of anilines is 2. The summed E-state index contributed by atoms with van der Waals surface area (Å²) in [7, 11) is 0. The van der Waals surface area contributed by atoms with Crippen LogP contribution in [0.15, 0.2) is 42.5 Å². The number of carbonyl (C=O) groups is 1. The average Bonchev–Trinajstić information content (AvgIpc) is 2.53. The molecule has 2 N–H and O–H groups in total. The number of amides is 1. The largest absolute Gasteiger partial charge is 0.398 e. The van der Waals surface area contributed by atoms with E-state index in [4.69, 9.17) is 5.73 Å². The number of carbonyl (C=O) groups excluding carboxylic acids is 1. The Kier molecular flexibility index (Phi) is 3.84. The van der Waals surface area contributed by atoms with Crippen LogP contribution in [-0.2, 0) is 11.2 Å². The lowest BCUT2D eigenvalue weighted by Crippen LogP contribution is -2.38. The van der Waals surface area contributed by atoms with E-state index in [1.165, 1.54) is 12.1 Å². The minimum Gasteiger partial charge on any atom is -0.398 e. The third-order valence-corrected chi connectivity index (χ3v) is 4.27. The Hall–Kier alpha value is -2.36. The van der Waals surface area contributed by atoms with E-state index in [0.717, 1.165) is 29.8 Å². The van der Waals surface area contributed by atoms with Gasteiger partial charge in [-0.25, -0.2) is 4.39 Å². The van der Waals surface area contributed by atoms with Gasteiger partial charge in [-0.05, 0) is 55.2 Å². The molecule has 2 aromatic rings. The Balaban J connectivity index is 1.92. The number of hydrogen-bond donors (Lipinski definition) is 1. The third-order valence-electron chi connectivity index (χ3n) is 4.27. The zero-order chi connectivity index (χ0) is 15.7. The van der Waals surface area contributed by atoms with Crippen molar-refractivity contribution in [3.8, 4) is 0 Å². The third kappa shape index (κ3) is 2.56. The van der Waals surface area contributed by atoms with Gasteiger partial charge in [-0.2, -0.15) is 0 Å². The highest BCUT2D eigenvalue weighted by molar-refractivity contribution is 5.99. The van der Waals surface area contributed by atoms with E-state index in [-0.39, 0.29) is 17.6 Å². The molecule has 2 aromatic carbocycles. The molecule has 114 valence electrons. The van der Waals surface area contributed by atoms with E-state index >= 15 is 0 Å². The molecule has 0 aliphatic carbocycles. The summed E-state index contributed by atoms with van der Waals surface area (Å²) in [5.41, 5.74) is 9.37. The molecule has 1 aliphatic heterocycles. The van der Waals surface area contributed by atoms with Crippen molar-refractivity contribution < 1.29 is 9.18 Å². The first-order chi connectivity index (χ1) is 10.6. The predicted molar refractivity (Wildman–Crippen MR) is 86.3 cm³/mol. The van der Waals surface area contributed by atoms with Crippen LogP contribution in [0.1, 0.15) is 30.4 Å². The molecule has 0 saturated heterocycles. The monoisotopic (exact) mass is 298 g/mol. The Morgan fingerprint density at radius 3 is 2.82 bits per heavy atom. The average molecular weight is 298 g/mol. The maximum Gasteiger partial charge on any atom is 0.234 e. The van der Waals surface area contributed by atoms with Crippen LogP contribution in [0.2, 0.25) is 0 Å². The molecular formula is C18H19FN2O. The maximum atomic E-state index is 13.4. The maximum absolute atomic E-state index is 13.4. The lowest BCUT2D eigenvalue weighted by molar-refractivity contribution is -0.119. The molecule has 1 aliphatic rings. The molecule has 3 rings (SSSR count). The van der Waals surface area contributed by atoms with Gasteiger partial charge >= 0.3 is 0 Å². The normalized spacial score (nSPS) is 15.3. The molecule has 0 fully saturated rings. The molecular weight excluding hydrogens is 279 g/mol. The Morgan fingerprint density at radius 2 is 2.05 bits per heavy atom. The number of fused-ring (bicyclic) bond motifs is 1. The van der Waals surface area contributed by atoms with Gasteiger partial charge in [-0.15, -0.1) is 0 Å². The van der Waals surface area contributed by atoms with Crippen molar-refractivity contribution in [2.45, 2.75) is 25.7 Å². The number of halogens is 1. The smallest absolute Gasteiger partial charge is 0.234 e. The van der Waals surface area contributed by atoms with Gasteiger partial charge in [0.05, 0.1) is 5.92 Å². The Bertz CT molecular complexity index is 714. The number of hydrogen-bond acceptors (Lipinski definition) is 2. The molecule has 1 unspecified atom stereocenters. The minimum absolute atomic E-state index is 0.0165. The lowest BCUT2D eigenvalue weighted by Gasteiger charge is -2.32. The molecule has 22 heavy (non-hydrogen) atoms. The van der Waals surface area contributed by atoms with Crippen LogP contribution in [0.3, 0.4) is 0 Å². The zero-order valence-corrected chi connectivity index (χ0v) is 12.6. The number of benzene rings is 2. The fourth-order valence-corrected chi connectivity index (χ4v) is 3.03. The standard InChI is InChI=1S/C18H19FN2O/c1-12(13-5-2-6-14(19)11-13)18(22)21-10-4-7-15-16(20)8-3-9-17(15)21/h2-3,5-6,8-9,11-12H,4,7,10,20H2,1H3. The van der Waals surface area contributed by atoms with Crippen molar-refractivity contribution in [1.82, 2.24) is 0 Å². The minimum atomic E-state index is -0.386. The van der Waals surface area contributed by atoms with Gasteiger partial charge in [0.15, 0.2) is 0 Å². The van der Waals surface area contributed by atoms with Gasteiger partial charge in [0.2, 0.25) is 5.91 Å². The van der Waals surface area contributed by atoms with Gasteiger partial charge < -0.3 is 10.6 Å². The van der Waals surface area contributed by atoms with Crippen molar-refractivity contribution in [1.29, 1.82) is 0 Å². The van der Waals surface area contributed by atoms with Crippen molar-refractivity contribution in [3.05, 3.63) is 59.4 Å². The zero-order valence-electron chi connectivity index (χ0n) is 12.6. The number of nitrogen functional groups attached to an aromatic ring is 1. The first kappa shape index (κ1) is 14.6. The lowest BCUT2D eigenvalue weighted by atomic mass is 9.95. The topological polar surface area (TPSA) is 46.3 Å². The molecule has 3 nitrogen and oxygen atoms in total. The van der Waals surface area contributed by atoms with Gasteiger partial charge in [0, 0.05) is 17.9 Å². The highest BCUT2D eigenvalue weighted by Crippen LogP contribution is 2.33. The summed E-state index contributed by atoms with van der Waals surface area (Å²) in [6.07, 6.45) is 1.78. The van der Waals surface area contributed by atoms with Gasteiger partial charge in [0.1, 0.15) is 5.82 Å². The van der Waals surface area contributed by atoms with Crippen LogP contribution in [0.4, 0.5) is 15.8 Å². The Morgan fingerprint density at radius 1 is 1.27 bits per heavy atom. The molecule has 1 atom stereocenters. The summed E-state index contributed by atoms with van der Waals surface area (Å²) in [6.45, 7) is 2.49. The Labute approximate surface area is 129 Å². The molecule has 0 spiro atoms. The highest BCUT2D eigenvalue weighted by Gasteiger charge is 2.28. The molecule has 0 saturated carbocycles. The van der Waals surface area contributed by atoms with E-state index in [1.807, 2.05) is 25.1 Å². The summed E-state index contributed by atoms with van der Waals surface area (Å²) in [5.74, 6) is -0.722. The number of nitrogens with zero attached hydrogens (tertiary/aromatic N) is 1. The van der Waals surface area contributed by atoms with Crippen LogP contribution in [-0.4, -0.2) is 12.5 Å². The first-order valence-electron chi connectivity index (χ1n) is 7.52. The van der Waals surface area contributed by atoms with Crippen molar-refractivity contribution >= 4 is 17.3 Å². The highest BCUT2D eigenvalue weighted by atomic mass is 19.1. The van der Waals surface area contributed by atoms with Crippen molar-refractivity contribution in [2.24, 2.45) is 0 Å². The van der Waals surface area contributed by atoms with Crippen LogP contribution in [0.5, 0.6) is 0 Å². The van der Waals surface area contributed by atoms with E-state index in [0.29, 0.717) is 12.1 Å². The summed E-state index contributed by atoms with van der Waals surface area (Å²) in [6, 6.07) is 11.9. The van der Waals surface area contributed by atoms with Crippen molar-refractivity contribution in [2.75, 3.05) is 17.2 Å².